The predicted molar refractivity (Wildman–Crippen MR) is 103 cm³/mol. The normalized spacial score (nSPS) is 11.3. The third-order valence-electron chi connectivity index (χ3n) is 4.26. The van der Waals surface area contributed by atoms with Crippen LogP contribution in [0, 0.1) is 0 Å². The van der Waals surface area contributed by atoms with Crippen LogP contribution in [-0.4, -0.2) is 12.1 Å². The predicted octanol–water partition coefficient (Wildman–Crippen LogP) is 5.79. The molecule has 1 amide bonds. The highest BCUT2D eigenvalue weighted by atomic mass is 16.2. The van der Waals surface area contributed by atoms with Crippen LogP contribution >= 0.6 is 0 Å². The SMILES string of the molecule is CCCCCCCCCCC(=O)NN=Cc1ccc(C(C)C)cc1. The van der Waals surface area contributed by atoms with Crippen LogP contribution in [0.2, 0.25) is 0 Å². The van der Waals surface area contributed by atoms with Gasteiger partial charge in [-0.25, -0.2) is 5.43 Å². The molecule has 0 unspecified atom stereocenters. The van der Waals surface area contributed by atoms with Crippen molar-refractivity contribution in [2.24, 2.45) is 5.10 Å². The molecule has 0 aromatic heterocycles. The zero-order valence-electron chi connectivity index (χ0n) is 15.7. The minimum atomic E-state index is 0.0102. The van der Waals surface area contributed by atoms with Crippen molar-refractivity contribution in [3.63, 3.8) is 0 Å². The molecular weight excluding hydrogens is 296 g/mol. The number of hydrazone groups is 1. The van der Waals surface area contributed by atoms with Crippen molar-refractivity contribution in [3.05, 3.63) is 35.4 Å². The molecule has 3 nitrogen and oxygen atoms in total. The van der Waals surface area contributed by atoms with Crippen LogP contribution in [-0.2, 0) is 4.79 Å². The number of hydrogen-bond acceptors (Lipinski definition) is 2. The fourth-order valence-electron chi connectivity index (χ4n) is 2.62. The third-order valence-corrected chi connectivity index (χ3v) is 4.26. The molecule has 0 radical (unpaired) electrons. The van der Waals surface area contributed by atoms with Gasteiger partial charge in [0.1, 0.15) is 0 Å². The highest BCUT2D eigenvalue weighted by molar-refractivity contribution is 5.82. The molecule has 0 bridgehead atoms. The molecule has 24 heavy (non-hydrogen) atoms. The Bertz CT molecular complexity index is 477. The molecule has 1 N–H and O–H groups in total. The second kappa shape index (κ2) is 12.7. The van der Waals surface area contributed by atoms with Crippen molar-refractivity contribution in [2.75, 3.05) is 0 Å². The fourth-order valence-corrected chi connectivity index (χ4v) is 2.62. The topological polar surface area (TPSA) is 41.5 Å². The standard InChI is InChI=1S/C21H34N2O/c1-4-5-6-7-8-9-10-11-12-21(24)23-22-17-19-13-15-20(16-14-19)18(2)3/h13-18H,4-12H2,1-3H3,(H,23,24). The Balaban J connectivity index is 2.10. The van der Waals surface area contributed by atoms with Gasteiger partial charge in [0.2, 0.25) is 5.91 Å². The van der Waals surface area contributed by atoms with Crippen molar-refractivity contribution in [2.45, 2.75) is 84.5 Å². The monoisotopic (exact) mass is 330 g/mol. The molecule has 0 saturated heterocycles. The molecule has 0 spiro atoms. The number of nitrogens with zero attached hydrogens (tertiary/aromatic N) is 1. The van der Waals surface area contributed by atoms with E-state index in [1.165, 1.54) is 44.1 Å². The first-order valence-electron chi connectivity index (χ1n) is 9.55. The summed E-state index contributed by atoms with van der Waals surface area (Å²) >= 11 is 0. The van der Waals surface area contributed by atoms with Gasteiger partial charge in [0.05, 0.1) is 6.21 Å². The Labute approximate surface area is 147 Å². The summed E-state index contributed by atoms with van der Waals surface area (Å²) in [6.45, 7) is 6.59. The molecule has 1 aromatic rings. The minimum Gasteiger partial charge on any atom is -0.273 e. The number of carbonyl (C=O) groups is 1. The van der Waals surface area contributed by atoms with E-state index in [0.29, 0.717) is 12.3 Å². The summed E-state index contributed by atoms with van der Waals surface area (Å²) < 4.78 is 0. The Morgan fingerprint density at radius 2 is 1.58 bits per heavy atom. The van der Waals surface area contributed by atoms with Gasteiger partial charge in [0.15, 0.2) is 0 Å². The molecule has 1 rings (SSSR count). The van der Waals surface area contributed by atoms with E-state index in [4.69, 9.17) is 0 Å². The first-order chi connectivity index (χ1) is 11.6. The summed E-state index contributed by atoms with van der Waals surface area (Å²) in [5.41, 5.74) is 4.94. The van der Waals surface area contributed by atoms with Crippen LogP contribution in [0.1, 0.15) is 95.6 Å². The molecule has 3 heteroatoms. The Kier molecular flexibility index (Phi) is 10.8. The summed E-state index contributed by atoms with van der Waals surface area (Å²) in [7, 11) is 0. The average molecular weight is 331 g/mol. The highest BCUT2D eigenvalue weighted by Crippen LogP contribution is 2.14. The van der Waals surface area contributed by atoms with Crippen LogP contribution < -0.4 is 5.43 Å². The van der Waals surface area contributed by atoms with Crippen LogP contribution in [0.5, 0.6) is 0 Å². The van der Waals surface area contributed by atoms with Crippen LogP contribution in [0.15, 0.2) is 29.4 Å². The zero-order valence-corrected chi connectivity index (χ0v) is 15.7. The third kappa shape index (κ3) is 9.49. The highest BCUT2D eigenvalue weighted by Gasteiger charge is 2.00. The maximum absolute atomic E-state index is 11.7. The van der Waals surface area contributed by atoms with Crippen LogP contribution in [0.3, 0.4) is 0 Å². The largest absolute Gasteiger partial charge is 0.273 e. The maximum Gasteiger partial charge on any atom is 0.240 e. The van der Waals surface area contributed by atoms with Crippen molar-refractivity contribution >= 4 is 12.1 Å². The smallest absolute Gasteiger partial charge is 0.240 e. The van der Waals surface area contributed by atoms with Gasteiger partial charge in [0, 0.05) is 6.42 Å². The Morgan fingerprint density at radius 3 is 2.17 bits per heavy atom. The number of benzene rings is 1. The number of hydrogen-bond donors (Lipinski definition) is 1. The van der Waals surface area contributed by atoms with Crippen molar-refractivity contribution < 1.29 is 4.79 Å². The van der Waals surface area contributed by atoms with Gasteiger partial charge in [-0.2, -0.15) is 5.10 Å². The second-order valence-corrected chi connectivity index (χ2v) is 6.84. The fraction of sp³-hybridized carbons (Fsp3) is 0.619. The molecule has 0 fully saturated rings. The summed E-state index contributed by atoms with van der Waals surface area (Å²) in [6, 6.07) is 8.27. The number of amides is 1. The van der Waals surface area contributed by atoms with Gasteiger partial charge in [-0.15, -0.1) is 0 Å². The Morgan fingerprint density at radius 1 is 1.00 bits per heavy atom. The van der Waals surface area contributed by atoms with E-state index in [9.17, 15) is 4.79 Å². The van der Waals surface area contributed by atoms with E-state index in [2.05, 4.69) is 43.4 Å². The molecule has 0 atom stereocenters. The lowest BCUT2D eigenvalue weighted by atomic mass is 10.0. The number of nitrogens with one attached hydrogen (secondary N) is 1. The molecule has 0 heterocycles. The van der Waals surface area contributed by atoms with Gasteiger partial charge < -0.3 is 0 Å². The zero-order chi connectivity index (χ0) is 17.6. The van der Waals surface area contributed by atoms with Crippen LogP contribution in [0.4, 0.5) is 0 Å². The van der Waals surface area contributed by atoms with E-state index in [1.807, 2.05) is 12.1 Å². The van der Waals surface area contributed by atoms with E-state index < -0.39 is 0 Å². The lowest BCUT2D eigenvalue weighted by molar-refractivity contribution is -0.121. The van der Waals surface area contributed by atoms with Gasteiger partial charge in [-0.3, -0.25) is 4.79 Å². The van der Waals surface area contributed by atoms with Gasteiger partial charge in [0.25, 0.3) is 0 Å². The number of carbonyl (C=O) groups excluding carboxylic acids is 1. The molecular formula is C21H34N2O. The summed E-state index contributed by atoms with van der Waals surface area (Å²) in [6.07, 6.45) is 12.2. The van der Waals surface area contributed by atoms with E-state index >= 15 is 0 Å². The number of unbranched alkanes of at least 4 members (excludes halogenated alkanes) is 7. The first kappa shape index (κ1) is 20.4. The molecule has 0 saturated carbocycles. The van der Waals surface area contributed by atoms with Crippen molar-refractivity contribution in [3.8, 4) is 0 Å². The summed E-state index contributed by atoms with van der Waals surface area (Å²) in [5, 5.41) is 4.04. The lowest BCUT2D eigenvalue weighted by Gasteiger charge is -2.04. The molecule has 0 aliphatic carbocycles. The van der Waals surface area contributed by atoms with Gasteiger partial charge >= 0.3 is 0 Å². The molecule has 134 valence electrons. The minimum absolute atomic E-state index is 0.0102. The number of rotatable bonds is 12. The molecule has 0 aliphatic rings. The van der Waals surface area contributed by atoms with Crippen molar-refractivity contribution in [1.82, 2.24) is 5.43 Å². The van der Waals surface area contributed by atoms with E-state index in [0.717, 1.165) is 18.4 Å². The second-order valence-electron chi connectivity index (χ2n) is 6.84. The van der Waals surface area contributed by atoms with Gasteiger partial charge in [-0.05, 0) is 23.5 Å². The summed E-state index contributed by atoms with van der Waals surface area (Å²) in [4.78, 5) is 11.7. The quantitative estimate of drug-likeness (QED) is 0.294. The molecule has 0 aliphatic heterocycles. The van der Waals surface area contributed by atoms with Crippen LogP contribution in [0.25, 0.3) is 0 Å². The maximum atomic E-state index is 11.7. The lowest BCUT2D eigenvalue weighted by Crippen LogP contribution is -2.16. The van der Waals surface area contributed by atoms with Crippen molar-refractivity contribution in [1.29, 1.82) is 0 Å². The van der Waals surface area contributed by atoms with E-state index in [-0.39, 0.29) is 5.91 Å². The average Bonchev–Trinajstić information content (AvgIpc) is 2.57. The van der Waals surface area contributed by atoms with Gasteiger partial charge in [-0.1, -0.05) is 90.0 Å². The Hall–Kier alpha value is -1.64. The molecule has 1 aromatic carbocycles. The summed E-state index contributed by atoms with van der Waals surface area (Å²) in [5.74, 6) is 0.540. The first-order valence-corrected chi connectivity index (χ1v) is 9.55. The van der Waals surface area contributed by atoms with E-state index in [1.54, 1.807) is 6.21 Å².